The summed E-state index contributed by atoms with van der Waals surface area (Å²) in [5.74, 6) is 0.438. The van der Waals surface area contributed by atoms with Crippen molar-refractivity contribution in [2.24, 2.45) is 5.73 Å². The summed E-state index contributed by atoms with van der Waals surface area (Å²) in [5.41, 5.74) is 6.62. The Labute approximate surface area is 117 Å². The Balaban J connectivity index is 1.86. The fraction of sp³-hybridized carbons (Fsp3) is 0.429. The van der Waals surface area contributed by atoms with Gasteiger partial charge in [-0.05, 0) is 49.9 Å². The van der Waals surface area contributed by atoms with Gasteiger partial charge in [0.2, 0.25) is 0 Å². The third-order valence-electron chi connectivity index (χ3n) is 3.96. The molecule has 3 N–H and O–H groups in total. The van der Waals surface area contributed by atoms with Crippen LogP contribution in [0.5, 0.6) is 0 Å². The van der Waals surface area contributed by atoms with Crippen molar-refractivity contribution < 1.29 is 9.79 Å². The lowest BCUT2D eigenvalue weighted by Gasteiger charge is -2.26. The standard InChI is InChI=1S/C14H16ClN3O/c15-10-7-5-9(6-8-10)13(19)18-12-4-2-1-3-11(12)17-14(18)16/h5-8,11-12H,1-4H2,(H2,16,17)/p+1/t11-,12-/m0/s1. The molecule has 4 nitrogen and oxygen atoms in total. The summed E-state index contributed by atoms with van der Waals surface area (Å²) in [6.07, 6.45) is 4.44. The second-order valence-corrected chi connectivity index (χ2v) is 5.61. The number of carbonyl (C=O) groups is 1. The zero-order chi connectivity index (χ0) is 13.4. The van der Waals surface area contributed by atoms with Crippen molar-refractivity contribution in [3.05, 3.63) is 34.9 Å². The van der Waals surface area contributed by atoms with Gasteiger partial charge in [-0.3, -0.25) is 15.5 Å². The number of fused-ring (bicyclic) bond motifs is 1. The Morgan fingerprint density at radius 1 is 1.26 bits per heavy atom. The number of benzene rings is 1. The molecule has 0 spiro atoms. The minimum atomic E-state index is -0.0453. The van der Waals surface area contributed by atoms with Crippen LogP contribution in [0.1, 0.15) is 36.0 Å². The average Bonchev–Trinajstić information content (AvgIpc) is 2.74. The van der Waals surface area contributed by atoms with E-state index in [9.17, 15) is 4.79 Å². The van der Waals surface area contributed by atoms with Crippen LogP contribution in [-0.4, -0.2) is 28.9 Å². The molecule has 1 aromatic rings. The zero-order valence-corrected chi connectivity index (χ0v) is 11.4. The molecular formula is C14H17ClN3O+. The highest BCUT2D eigenvalue weighted by Gasteiger charge is 2.45. The Bertz CT molecular complexity index is 526. The number of nitrogens with one attached hydrogen (secondary N) is 1. The Kier molecular flexibility index (Phi) is 3.19. The molecule has 0 unspecified atom stereocenters. The van der Waals surface area contributed by atoms with Gasteiger partial charge in [-0.25, -0.2) is 0 Å². The van der Waals surface area contributed by atoms with Crippen LogP contribution in [0.3, 0.4) is 0 Å². The van der Waals surface area contributed by atoms with Crippen LogP contribution in [0.2, 0.25) is 5.02 Å². The number of hydrogen-bond acceptors (Lipinski definition) is 2. The van der Waals surface area contributed by atoms with E-state index < -0.39 is 0 Å². The quantitative estimate of drug-likeness (QED) is 0.786. The zero-order valence-electron chi connectivity index (χ0n) is 10.6. The number of nitrogens with two attached hydrogens (primary N) is 1. The highest BCUT2D eigenvalue weighted by atomic mass is 35.5. The molecule has 1 heterocycles. The molecule has 1 aliphatic carbocycles. The minimum Gasteiger partial charge on any atom is -0.290 e. The van der Waals surface area contributed by atoms with Crippen LogP contribution >= 0.6 is 11.6 Å². The number of hydrogen-bond donors (Lipinski definition) is 2. The van der Waals surface area contributed by atoms with E-state index in [0.29, 0.717) is 22.6 Å². The fourth-order valence-corrected chi connectivity index (χ4v) is 3.14. The minimum absolute atomic E-state index is 0.0453. The van der Waals surface area contributed by atoms with E-state index in [2.05, 4.69) is 4.99 Å². The maximum atomic E-state index is 12.6. The van der Waals surface area contributed by atoms with E-state index >= 15 is 0 Å². The monoisotopic (exact) mass is 278 g/mol. The summed E-state index contributed by atoms with van der Waals surface area (Å²) >= 11 is 5.85. The number of nitrogens with zero attached hydrogens (tertiary/aromatic N) is 1. The molecule has 19 heavy (non-hydrogen) atoms. The van der Waals surface area contributed by atoms with E-state index in [1.54, 1.807) is 29.2 Å². The molecule has 1 saturated carbocycles. The van der Waals surface area contributed by atoms with Crippen molar-refractivity contribution in [2.75, 3.05) is 0 Å². The molecule has 0 radical (unpaired) electrons. The van der Waals surface area contributed by atoms with Gasteiger partial charge in [0, 0.05) is 5.02 Å². The van der Waals surface area contributed by atoms with Crippen LogP contribution < -0.4 is 10.7 Å². The molecule has 2 aliphatic rings. The molecule has 100 valence electrons. The van der Waals surface area contributed by atoms with Crippen LogP contribution in [0, 0.1) is 0 Å². The summed E-state index contributed by atoms with van der Waals surface area (Å²) in [6.45, 7) is 0. The lowest BCUT2D eigenvalue weighted by molar-refractivity contribution is -0.499. The first kappa shape index (κ1) is 12.5. The molecular weight excluding hydrogens is 262 g/mol. The number of rotatable bonds is 1. The predicted molar refractivity (Wildman–Crippen MR) is 73.8 cm³/mol. The first-order valence-electron chi connectivity index (χ1n) is 6.65. The molecule has 1 fully saturated rings. The van der Waals surface area contributed by atoms with Crippen molar-refractivity contribution in [1.82, 2.24) is 4.90 Å². The van der Waals surface area contributed by atoms with Crippen molar-refractivity contribution in [3.8, 4) is 0 Å². The summed E-state index contributed by atoms with van der Waals surface area (Å²) in [5, 5.41) is 0.628. The molecule has 1 amide bonds. The van der Waals surface area contributed by atoms with Crippen molar-refractivity contribution in [1.29, 1.82) is 0 Å². The van der Waals surface area contributed by atoms with Crippen LogP contribution in [0.25, 0.3) is 0 Å². The third-order valence-corrected chi connectivity index (χ3v) is 4.22. The fourth-order valence-electron chi connectivity index (χ4n) is 3.02. The lowest BCUT2D eigenvalue weighted by atomic mass is 9.90. The van der Waals surface area contributed by atoms with E-state index in [1.807, 2.05) is 0 Å². The molecule has 3 rings (SSSR count). The average molecular weight is 279 g/mol. The van der Waals surface area contributed by atoms with Crippen molar-refractivity contribution in [2.45, 2.75) is 37.8 Å². The van der Waals surface area contributed by atoms with Crippen molar-refractivity contribution >= 4 is 23.5 Å². The molecule has 0 saturated heterocycles. The topological polar surface area (TPSA) is 60.3 Å². The SMILES string of the molecule is NC1=[NH+][C@H]2CCCC[C@@H]2N1C(=O)c1ccc(Cl)cc1. The van der Waals surface area contributed by atoms with Crippen LogP contribution in [-0.2, 0) is 0 Å². The highest BCUT2D eigenvalue weighted by molar-refractivity contribution is 6.30. The molecule has 5 heteroatoms. The second-order valence-electron chi connectivity index (χ2n) is 5.17. The van der Waals surface area contributed by atoms with Crippen LogP contribution in [0.4, 0.5) is 0 Å². The van der Waals surface area contributed by atoms with Gasteiger partial charge >= 0.3 is 11.9 Å². The molecule has 2 atom stereocenters. The molecule has 0 bridgehead atoms. The molecule has 1 aromatic carbocycles. The lowest BCUT2D eigenvalue weighted by Crippen LogP contribution is -2.79. The second kappa shape index (κ2) is 4.85. The van der Waals surface area contributed by atoms with Gasteiger partial charge in [-0.2, -0.15) is 4.90 Å². The number of halogens is 1. The highest BCUT2D eigenvalue weighted by Crippen LogP contribution is 2.24. The smallest absolute Gasteiger partial charge is 0.290 e. The van der Waals surface area contributed by atoms with Gasteiger partial charge in [0.15, 0.2) is 0 Å². The molecule has 0 aromatic heterocycles. The summed E-state index contributed by atoms with van der Waals surface area (Å²) in [7, 11) is 0. The third kappa shape index (κ3) is 2.21. The van der Waals surface area contributed by atoms with Gasteiger partial charge in [0.25, 0.3) is 0 Å². The Morgan fingerprint density at radius 2 is 1.95 bits per heavy atom. The maximum absolute atomic E-state index is 12.6. The summed E-state index contributed by atoms with van der Waals surface area (Å²) in [4.78, 5) is 17.5. The van der Waals surface area contributed by atoms with Gasteiger partial charge in [-0.15, -0.1) is 0 Å². The van der Waals surface area contributed by atoms with E-state index in [4.69, 9.17) is 17.3 Å². The summed E-state index contributed by atoms with van der Waals surface area (Å²) < 4.78 is 0. The Morgan fingerprint density at radius 3 is 2.68 bits per heavy atom. The van der Waals surface area contributed by atoms with Crippen LogP contribution in [0.15, 0.2) is 24.3 Å². The predicted octanol–water partition coefficient (Wildman–Crippen LogP) is 0.502. The van der Waals surface area contributed by atoms with Gasteiger partial charge in [-0.1, -0.05) is 11.6 Å². The van der Waals surface area contributed by atoms with Gasteiger partial charge < -0.3 is 0 Å². The van der Waals surface area contributed by atoms with E-state index in [0.717, 1.165) is 19.3 Å². The first-order valence-corrected chi connectivity index (χ1v) is 7.03. The number of carbonyl (C=O) groups excluding carboxylic acids is 1. The van der Waals surface area contributed by atoms with E-state index in [1.165, 1.54) is 6.42 Å². The summed E-state index contributed by atoms with van der Waals surface area (Å²) in [6, 6.07) is 7.45. The molecule has 1 aliphatic heterocycles. The van der Waals surface area contributed by atoms with Crippen molar-refractivity contribution in [3.63, 3.8) is 0 Å². The Hall–Kier alpha value is -1.55. The number of amides is 1. The van der Waals surface area contributed by atoms with Gasteiger partial charge in [0.1, 0.15) is 12.1 Å². The van der Waals surface area contributed by atoms with Gasteiger partial charge in [0.05, 0.1) is 5.56 Å². The number of guanidine groups is 1. The maximum Gasteiger partial charge on any atom is 0.351 e. The first-order chi connectivity index (χ1) is 9.16. The largest absolute Gasteiger partial charge is 0.351 e. The normalized spacial score (nSPS) is 25.9. The van der Waals surface area contributed by atoms with E-state index in [-0.39, 0.29) is 11.9 Å².